The number of aryl methyl sites for hydroxylation is 1. The van der Waals surface area contributed by atoms with Crippen molar-refractivity contribution < 1.29 is 4.79 Å². The second-order valence-electron chi connectivity index (χ2n) is 3.28. The highest BCUT2D eigenvalue weighted by Gasteiger charge is 2.16. The summed E-state index contributed by atoms with van der Waals surface area (Å²) in [5.41, 5.74) is 0.552. The summed E-state index contributed by atoms with van der Waals surface area (Å²) in [7, 11) is 0. The molecule has 0 aliphatic carbocycles. The summed E-state index contributed by atoms with van der Waals surface area (Å²) in [6.45, 7) is 2.76. The molecule has 0 bridgehead atoms. The number of halogens is 1. The molecule has 4 nitrogen and oxygen atoms in total. The predicted octanol–water partition coefficient (Wildman–Crippen LogP) is 2.74. The quantitative estimate of drug-likeness (QED) is 0.816. The standard InChI is InChI=1S/C10H10BrN3OS/c1-2-5-14-7(6-12-13-14)10(15)8-3-4-9(11)16-8/h3-4,6H,2,5H2,1H3. The fourth-order valence-corrected chi connectivity index (χ4v) is 2.71. The molecule has 0 atom stereocenters. The smallest absolute Gasteiger partial charge is 0.222 e. The first-order valence-electron chi connectivity index (χ1n) is 4.91. The maximum atomic E-state index is 12.1. The lowest BCUT2D eigenvalue weighted by molar-refractivity contribution is 0.103. The molecule has 2 rings (SSSR count). The topological polar surface area (TPSA) is 47.8 Å². The van der Waals surface area contributed by atoms with Crippen molar-refractivity contribution in [3.63, 3.8) is 0 Å². The van der Waals surface area contributed by atoms with E-state index >= 15 is 0 Å². The minimum Gasteiger partial charge on any atom is -0.286 e. The van der Waals surface area contributed by atoms with Gasteiger partial charge in [-0.2, -0.15) is 0 Å². The molecule has 2 heterocycles. The molecule has 0 N–H and O–H groups in total. The summed E-state index contributed by atoms with van der Waals surface area (Å²) in [6, 6.07) is 3.67. The van der Waals surface area contributed by atoms with Gasteiger partial charge in [0.25, 0.3) is 0 Å². The number of hydrogen-bond donors (Lipinski definition) is 0. The van der Waals surface area contributed by atoms with E-state index in [9.17, 15) is 4.79 Å². The molecule has 0 aromatic carbocycles. The maximum absolute atomic E-state index is 12.1. The molecule has 0 unspecified atom stereocenters. The van der Waals surface area contributed by atoms with Crippen molar-refractivity contribution in [3.05, 3.63) is 32.7 Å². The van der Waals surface area contributed by atoms with Crippen LogP contribution < -0.4 is 0 Å². The third-order valence-corrected chi connectivity index (χ3v) is 3.71. The zero-order valence-corrected chi connectivity index (χ0v) is 11.1. The Morgan fingerprint density at radius 1 is 1.56 bits per heavy atom. The third kappa shape index (κ3) is 2.22. The molecule has 0 aliphatic rings. The van der Waals surface area contributed by atoms with E-state index < -0.39 is 0 Å². The third-order valence-electron chi connectivity index (χ3n) is 2.08. The van der Waals surface area contributed by atoms with Crippen LogP contribution in [0.2, 0.25) is 0 Å². The lowest BCUT2D eigenvalue weighted by Gasteiger charge is -2.01. The highest BCUT2D eigenvalue weighted by atomic mass is 79.9. The number of aromatic nitrogens is 3. The van der Waals surface area contributed by atoms with Crippen molar-refractivity contribution in [2.24, 2.45) is 0 Å². The van der Waals surface area contributed by atoms with Crippen LogP contribution in [-0.4, -0.2) is 20.8 Å². The van der Waals surface area contributed by atoms with Gasteiger partial charge in [-0.1, -0.05) is 12.1 Å². The molecule has 2 aromatic rings. The van der Waals surface area contributed by atoms with Gasteiger partial charge in [-0.25, -0.2) is 4.68 Å². The van der Waals surface area contributed by atoms with Gasteiger partial charge in [-0.15, -0.1) is 16.4 Å². The monoisotopic (exact) mass is 299 g/mol. The molecule has 2 aromatic heterocycles. The van der Waals surface area contributed by atoms with Gasteiger partial charge < -0.3 is 0 Å². The Morgan fingerprint density at radius 2 is 2.38 bits per heavy atom. The Bertz CT molecular complexity index is 506. The van der Waals surface area contributed by atoms with E-state index in [1.54, 1.807) is 10.7 Å². The van der Waals surface area contributed by atoms with Crippen molar-refractivity contribution in [2.75, 3.05) is 0 Å². The number of nitrogens with zero attached hydrogens (tertiary/aromatic N) is 3. The molecule has 16 heavy (non-hydrogen) atoms. The summed E-state index contributed by atoms with van der Waals surface area (Å²) in [6.07, 6.45) is 2.45. The van der Waals surface area contributed by atoms with Crippen molar-refractivity contribution >= 4 is 33.0 Å². The molecule has 0 spiro atoms. The van der Waals surface area contributed by atoms with E-state index in [2.05, 4.69) is 26.2 Å². The second-order valence-corrected chi connectivity index (χ2v) is 5.74. The van der Waals surface area contributed by atoms with Crippen molar-refractivity contribution in [3.8, 4) is 0 Å². The lowest BCUT2D eigenvalue weighted by atomic mass is 10.2. The molecular weight excluding hydrogens is 290 g/mol. The van der Waals surface area contributed by atoms with Gasteiger partial charge in [0.2, 0.25) is 5.78 Å². The number of ketones is 1. The highest BCUT2D eigenvalue weighted by molar-refractivity contribution is 9.11. The number of rotatable bonds is 4. The van der Waals surface area contributed by atoms with Gasteiger partial charge in [-0.3, -0.25) is 4.79 Å². The van der Waals surface area contributed by atoms with Gasteiger partial charge in [0.15, 0.2) is 0 Å². The Balaban J connectivity index is 2.30. The molecule has 0 saturated carbocycles. The summed E-state index contributed by atoms with van der Waals surface area (Å²) in [5.74, 6) is -0.0193. The van der Waals surface area contributed by atoms with Crippen LogP contribution in [0.4, 0.5) is 0 Å². The fraction of sp³-hybridized carbons (Fsp3) is 0.300. The fourth-order valence-electron chi connectivity index (χ4n) is 1.37. The SMILES string of the molecule is CCCn1nncc1C(=O)c1ccc(Br)s1. The Hall–Kier alpha value is -1.01. The van der Waals surface area contributed by atoms with Gasteiger partial charge in [-0.05, 0) is 34.5 Å². The Labute approximate surface area is 105 Å². The normalized spacial score (nSPS) is 10.6. The minimum atomic E-state index is -0.0193. The van der Waals surface area contributed by atoms with E-state index in [1.807, 2.05) is 13.0 Å². The van der Waals surface area contributed by atoms with Crippen LogP contribution in [0.1, 0.15) is 28.7 Å². The molecule has 84 valence electrons. The van der Waals surface area contributed by atoms with Crippen LogP contribution in [0, 0.1) is 0 Å². The Kier molecular flexibility index (Phi) is 3.50. The largest absolute Gasteiger partial charge is 0.286 e. The van der Waals surface area contributed by atoms with Crippen LogP contribution in [0.3, 0.4) is 0 Å². The van der Waals surface area contributed by atoms with Gasteiger partial charge in [0.1, 0.15) is 5.69 Å². The van der Waals surface area contributed by atoms with E-state index in [4.69, 9.17) is 0 Å². The average Bonchev–Trinajstić information content (AvgIpc) is 2.87. The summed E-state index contributed by atoms with van der Waals surface area (Å²) >= 11 is 4.76. The van der Waals surface area contributed by atoms with Crippen LogP contribution in [0.25, 0.3) is 0 Å². The molecule has 0 saturated heterocycles. The summed E-state index contributed by atoms with van der Waals surface area (Å²) in [4.78, 5) is 12.8. The lowest BCUT2D eigenvalue weighted by Crippen LogP contribution is -2.10. The summed E-state index contributed by atoms with van der Waals surface area (Å²) in [5, 5.41) is 7.68. The van der Waals surface area contributed by atoms with E-state index in [-0.39, 0.29) is 5.78 Å². The van der Waals surface area contributed by atoms with E-state index in [0.717, 1.165) is 10.2 Å². The molecule has 0 radical (unpaired) electrons. The van der Waals surface area contributed by atoms with Crippen molar-refractivity contribution in [1.82, 2.24) is 15.0 Å². The van der Waals surface area contributed by atoms with E-state index in [1.165, 1.54) is 17.5 Å². The minimum absolute atomic E-state index is 0.0193. The first-order chi connectivity index (χ1) is 7.72. The average molecular weight is 300 g/mol. The van der Waals surface area contributed by atoms with Crippen LogP contribution >= 0.6 is 27.3 Å². The molecule has 0 aliphatic heterocycles. The molecule has 0 amide bonds. The maximum Gasteiger partial charge on any atom is 0.222 e. The number of thiophene rings is 1. The Morgan fingerprint density at radius 3 is 3.00 bits per heavy atom. The zero-order chi connectivity index (χ0) is 11.5. The second kappa shape index (κ2) is 4.88. The molecular formula is C10H10BrN3OS. The van der Waals surface area contributed by atoms with Gasteiger partial charge >= 0.3 is 0 Å². The van der Waals surface area contributed by atoms with Crippen LogP contribution in [0.5, 0.6) is 0 Å². The first kappa shape index (κ1) is 11.5. The van der Waals surface area contributed by atoms with Crippen molar-refractivity contribution in [1.29, 1.82) is 0 Å². The van der Waals surface area contributed by atoms with Gasteiger partial charge in [0.05, 0.1) is 14.9 Å². The van der Waals surface area contributed by atoms with Crippen LogP contribution in [-0.2, 0) is 6.54 Å². The van der Waals surface area contributed by atoms with Crippen LogP contribution in [0.15, 0.2) is 22.1 Å². The zero-order valence-electron chi connectivity index (χ0n) is 8.68. The first-order valence-corrected chi connectivity index (χ1v) is 6.52. The molecule has 0 fully saturated rings. The predicted molar refractivity (Wildman–Crippen MR) is 65.8 cm³/mol. The highest BCUT2D eigenvalue weighted by Crippen LogP contribution is 2.24. The molecule has 6 heteroatoms. The summed E-state index contributed by atoms with van der Waals surface area (Å²) < 4.78 is 2.60. The number of hydrogen-bond acceptors (Lipinski definition) is 4. The number of carbonyl (C=O) groups is 1. The van der Waals surface area contributed by atoms with Crippen molar-refractivity contribution in [2.45, 2.75) is 19.9 Å². The van der Waals surface area contributed by atoms with Gasteiger partial charge in [0, 0.05) is 6.54 Å². The van der Waals surface area contributed by atoms with E-state index in [0.29, 0.717) is 17.1 Å². The number of carbonyl (C=O) groups excluding carboxylic acids is 1.